The Bertz CT molecular complexity index is 590. The number of nitrogens with zero attached hydrogens (tertiary/aromatic N) is 1. The first kappa shape index (κ1) is 23.3. The molecule has 0 aliphatic heterocycles. The van der Waals surface area contributed by atoms with Crippen molar-refractivity contribution in [1.29, 1.82) is 0 Å². The Kier molecular flexibility index (Phi) is 8.90. The number of hydrogen-bond donors (Lipinski definition) is 0. The number of anilines is 1. The highest BCUT2D eigenvalue weighted by Crippen LogP contribution is 2.55. The van der Waals surface area contributed by atoms with Crippen molar-refractivity contribution in [2.24, 2.45) is 17.3 Å². The maximum Gasteiger partial charge on any atom is 0.0363 e. The van der Waals surface area contributed by atoms with E-state index in [0.29, 0.717) is 11.3 Å². The van der Waals surface area contributed by atoms with Crippen molar-refractivity contribution in [2.45, 2.75) is 105 Å². The van der Waals surface area contributed by atoms with Crippen LogP contribution in [0.15, 0.2) is 18.2 Å². The van der Waals surface area contributed by atoms with Gasteiger partial charge in [-0.1, -0.05) is 53.5 Å². The highest BCUT2D eigenvalue weighted by atomic mass is 15.1. The zero-order valence-electron chi connectivity index (χ0n) is 20.0. The molecule has 2 aliphatic carbocycles. The largest absolute Gasteiger partial charge is 0.378 e. The summed E-state index contributed by atoms with van der Waals surface area (Å²) in [5.74, 6) is 2.65. The van der Waals surface area contributed by atoms with Gasteiger partial charge in [-0.3, -0.25) is 0 Å². The predicted octanol–water partition coefficient (Wildman–Crippen LogP) is 8.22. The van der Waals surface area contributed by atoms with E-state index in [0.717, 1.165) is 11.8 Å². The summed E-state index contributed by atoms with van der Waals surface area (Å²) in [7, 11) is 4.32. The van der Waals surface area contributed by atoms with Crippen LogP contribution in [0.1, 0.15) is 109 Å². The van der Waals surface area contributed by atoms with Gasteiger partial charge in [0.1, 0.15) is 0 Å². The fourth-order valence-electron chi connectivity index (χ4n) is 5.99. The minimum atomic E-state index is 0.602. The summed E-state index contributed by atoms with van der Waals surface area (Å²) in [4.78, 5) is 2.25. The summed E-state index contributed by atoms with van der Waals surface area (Å²) in [5, 5.41) is 0. The number of hydrogen-bond acceptors (Lipinski definition) is 1. The lowest BCUT2D eigenvalue weighted by molar-refractivity contribution is 0.118. The third-order valence-corrected chi connectivity index (χ3v) is 7.92. The molecule has 1 fully saturated rings. The predicted molar refractivity (Wildman–Crippen MR) is 127 cm³/mol. The standard InChI is InChI=1S/C25H41N.C2H6/c1-6-7-10-21-12-13-22-11-8-9-20-18-23(26(4)5)14-15-24(20)19(2)16-17-25(21,22)3;1-2/h14-15,18-19,21-22H,6-13,16-17H2,1-5H3;1-2H3. The highest BCUT2D eigenvalue weighted by Gasteiger charge is 2.45. The van der Waals surface area contributed by atoms with Crippen LogP contribution in [0.3, 0.4) is 0 Å². The van der Waals surface area contributed by atoms with Crippen molar-refractivity contribution in [3.63, 3.8) is 0 Å². The molecule has 1 nitrogen and oxygen atoms in total. The highest BCUT2D eigenvalue weighted by molar-refractivity contribution is 5.50. The van der Waals surface area contributed by atoms with Crippen LogP contribution in [0.25, 0.3) is 0 Å². The molecule has 0 aromatic heterocycles. The Balaban J connectivity index is 0.00000136. The van der Waals surface area contributed by atoms with Gasteiger partial charge in [0.05, 0.1) is 0 Å². The van der Waals surface area contributed by atoms with Crippen LogP contribution in [0, 0.1) is 17.3 Å². The molecule has 0 radical (unpaired) electrons. The van der Waals surface area contributed by atoms with Crippen LogP contribution in [0.2, 0.25) is 0 Å². The van der Waals surface area contributed by atoms with Gasteiger partial charge in [-0.25, -0.2) is 0 Å². The molecule has 2 aliphatic rings. The zero-order valence-corrected chi connectivity index (χ0v) is 20.0. The number of rotatable bonds is 4. The molecular formula is C27H47N. The van der Waals surface area contributed by atoms with Gasteiger partial charge in [0.25, 0.3) is 0 Å². The van der Waals surface area contributed by atoms with Crippen molar-refractivity contribution < 1.29 is 0 Å². The second kappa shape index (κ2) is 10.7. The van der Waals surface area contributed by atoms with Crippen LogP contribution in [0.5, 0.6) is 0 Å². The van der Waals surface area contributed by atoms with E-state index in [-0.39, 0.29) is 0 Å². The zero-order chi connectivity index (χ0) is 20.7. The van der Waals surface area contributed by atoms with E-state index in [1.165, 1.54) is 69.9 Å². The molecule has 0 saturated heterocycles. The average molecular weight is 386 g/mol. The van der Waals surface area contributed by atoms with Gasteiger partial charge in [-0.15, -0.1) is 0 Å². The molecule has 0 spiro atoms. The molecule has 1 aromatic rings. The summed E-state index contributed by atoms with van der Waals surface area (Å²) >= 11 is 0. The fraction of sp³-hybridized carbons (Fsp3) is 0.778. The molecule has 1 saturated carbocycles. The number of benzene rings is 1. The molecule has 4 atom stereocenters. The summed E-state index contributed by atoms with van der Waals surface area (Å²) in [6.07, 6.45) is 14.1. The molecule has 1 aromatic carbocycles. The monoisotopic (exact) mass is 385 g/mol. The Morgan fingerprint density at radius 2 is 1.82 bits per heavy atom. The molecule has 4 unspecified atom stereocenters. The number of unbranched alkanes of at least 4 members (excludes halogenated alkanes) is 1. The summed E-state index contributed by atoms with van der Waals surface area (Å²) in [6.45, 7) is 11.5. The molecule has 0 N–H and O–H groups in total. The quantitative estimate of drug-likeness (QED) is 0.504. The van der Waals surface area contributed by atoms with Crippen molar-refractivity contribution in [2.75, 3.05) is 19.0 Å². The average Bonchev–Trinajstić information content (AvgIpc) is 3.01. The Morgan fingerprint density at radius 3 is 2.50 bits per heavy atom. The maximum absolute atomic E-state index is 2.66. The van der Waals surface area contributed by atoms with Gasteiger partial charge < -0.3 is 4.90 Å². The van der Waals surface area contributed by atoms with E-state index in [1.807, 2.05) is 13.8 Å². The minimum absolute atomic E-state index is 0.602. The van der Waals surface area contributed by atoms with E-state index < -0.39 is 0 Å². The van der Waals surface area contributed by atoms with E-state index >= 15 is 0 Å². The normalized spacial score (nSPS) is 29.9. The molecule has 0 amide bonds. The molecular weight excluding hydrogens is 338 g/mol. The Labute approximate surface area is 176 Å². The third kappa shape index (κ3) is 5.14. The summed E-state index contributed by atoms with van der Waals surface area (Å²) in [5.41, 5.74) is 5.21. The molecule has 1 heteroatoms. The van der Waals surface area contributed by atoms with Crippen molar-refractivity contribution in [3.8, 4) is 0 Å². The summed E-state index contributed by atoms with van der Waals surface area (Å²) < 4.78 is 0. The van der Waals surface area contributed by atoms with Crippen LogP contribution in [-0.4, -0.2) is 14.1 Å². The lowest BCUT2D eigenvalue weighted by Gasteiger charge is -2.39. The lowest BCUT2D eigenvalue weighted by Crippen LogP contribution is -2.30. The Hall–Kier alpha value is -0.980. The molecule has 28 heavy (non-hydrogen) atoms. The topological polar surface area (TPSA) is 3.24 Å². The van der Waals surface area contributed by atoms with Gasteiger partial charge in [-0.05, 0) is 97.8 Å². The van der Waals surface area contributed by atoms with Gasteiger partial charge in [0, 0.05) is 19.8 Å². The van der Waals surface area contributed by atoms with Crippen LogP contribution < -0.4 is 4.90 Å². The van der Waals surface area contributed by atoms with E-state index in [9.17, 15) is 0 Å². The smallest absolute Gasteiger partial charge is 0.0363 e. The van der Waals surface area contributed by atoms with E-state index in [2.05, 4.69) is 58.0 Å². The fourth-order valence-corrected chi connectivity index (χ4v) is 5.99. The maximum atomic E-state index is 2.66. The van der Waals surface area contributed by atoms with E-state index in [4.69, 9.17) is 0 Å². The minimum Gasteiger partial charge on any atom is -0.378 e. The second-order valence-electron chi connectivity index (χ2n) is 9.73. The number of fused-ring (bicyclic) bond motifs is 2. The SMILES string of the molecule is CC.CCCCC1CCC2CCCc3cc(N(C)C)ccc3C(C)CCC12C. The molecule has 0 bridgehead atoms. The summed E-state index contributed by atoms with van der Waals surface area (Å²) in [6, 6.07) is 7.22. The van der Waals surface area contributed by atoms with Gasteiger partial charge in [0.15, 0.2) is 0 Å². The van der Waals surface area contributed by atoms with Crippen LogP contribution in [-0.2, 0) is 6.42 Å². The van der Waals surface area contributed by atoms with Crippen LogP contribution in [0.4, 0.5) is 5.69 Å². The molecule has 160 valence electrons. The van der Waals surface area contributed by atoms with Gasteiger partial charge >= 0.3 is 0 Å². The van der Waals surface area contributed by atoms with Crippen molar-refractivity contribution in [1.82, 2.24) is 0 Å². The van der Waals surface area contributed by atoms with Crippen molar-refractivity contribution in [3.05, 3.63) is 29.3 Å². The van der Waals surface area contributed by atoms with Crippen LogP contribution >= 0.6 is 0 Å². The number of aryl methyl sites for hydroxylation is 1. The molecule has 0 heterocycles. The second-order valence-corrected chi connectivity index (χ2v) is 9.73. The first-order valence-electron chi connectivity index (χ1n) is 12.3. The molecule has 3 rings (SSSR count). The van der Waals surface area contributed by atoms with E-state index in [1.54, 1.807) is 11.1 Å². The lowest BCUT2D eigenvalue weighted by atomic mass is 9.66. The first-order valence-corrected chi connectivity index (χ1v) is 12.3. The Morgan fingerprint density at radius 1 is 1.07 bits per heavy atom. The van der Waals surface area contributed by atoms with Crippen molar-refractivity contribution >= 4 is 5.69 Å². The van der Waals surface area contributed by atoms with Gasteiger partial charge in [-0.2, -0.15) is 0 Å². The third-order valence-electron chi connectivity index (χ3n) is 7.92. The van der Waals surface area contributed by atoms with Gasteiger partial charge in [0.2, 0.25) is 0 Å². The first-order chi connectivity index (χ1) is 13.5.